The standard InChI is InChI=1S/C24H25FN2O4S/c1-18-12-13-22(31-2)23(16-18)32(29,30)27(15-14-19-8-4-3-5-9-19)17-24(28)26-21-11-7-6-10-20(21)25/h3-13,16H,14-15,17H2,1-2H3,(H,26,28). The first-order chi connectivity index (χ1) is 15.3. The second-order valence-corrected chi connectivity index (χ2v) is 9.16. The van der Waals surface area contributed by atoms with Crippen LogP contribution in [-0.2, 0) is 21.2 Å². The van der Waals surface area contributed by atoms with Crippen LogP contribution in [0.1, 0.15) is 11.1 Å². The number of sulfonamides is 1. The molecule has 0 fully saturated rings. The van der Waals surface area contributed by atoms with E-state index in [2.05, 4.69) is 5.32 Å². The predicted octanol–water partition coefficient (Wildman–Crippen LogP) is 4.01. The fourth-order valence-corrected chi connectivity index (χ4v) is 4.86. The van der Waals surface area contributed by atoms with Gasteiger partial charge in [-0.05, 0) is 48.7 Å². The highest BCUT2D eigenvalue weighted by atomic mass is 32.2. The van der Waals surface area contributed by atoms with Crippen molar-refractivity contribution in [3.05, 3.63) is 89.7 Å². The summed E-state index contributed by atoms with van der Waals surface area (Å²) < 4.78 is 47.4. The summed E-state index contributed by atoms with van der Waals surface area (Å²) in [7, 11) is -2.69. The van der Waals surface area contributed by atoms with Crippen LogP contribution in [0.15, 0.2) is 77.7 Å². The number of amides is 1. The number of hydrogen-bond donors (Lipinski definition) is 1. The van der Waals surface area contributed by atoms with Gasteiger partial charge in [0, 0.05) is 6.54 Å². The van der Waals surface area contributed by atoms with Crippen LogP contribution in [0.4, 0.5) is 10.1 Å². The van der Waals surface area contributed by atoms with Crippen LogP contribution < -0.4 is 10.1 Å². The highest BCUT2D eigenvalue weighted by Gasteiger charge is 2.29. The third kappa shape index (κ3) is 5.72. The molecule has 168 valence electrons. The number of para-hydroxylation sites is 1. The first kappa shape index (κ1) is 23.4. The average Bonchev–Trinajstić information content (AvgIpc) is 2.78. The van der Waals surface area contributed by atoms with E-state index in [1.165, 1.54) is 31.4 Å². The summed E-state index contributed by atoms with van der Waals surface area (Å²) in [5.74, 6) is -1.05. The Morgan fingerprint density at radius 1 is 1.03 bits per heavy atom. The van der Waals surface area contributed by atoms with Crippen LogP contribution in [0, 0.1) is 12.7 Å². The third-order valence-electron chi connectivity index (χ3n) is 4.90. The van der Waals surface area contributed by atoms with Crippen molar-refractivity contribution in [1.82, 2.24) is 4.31 Å². The molecule has 32 heavy (non-hydrogen) atoms. The summed E-state index contributed by atoms with van der Waals surface area (Å²) in [5.41, 5.74) is 1.66. The quantitative estimate of drug-likeness (QED) is 0.528. The van der Waals surface area contributed by atoms with Gasteiger partial charge < -0.3 is 10.1 Å². The number of nitrogens with zero attached hydrogens (tertiary/aromatic N) is 1. The zero-order valence-corrected chi connectivity index (χ0v) is 18.7. The Bertz CT molecular complexity index is 1180. The molecule has 3 aromatic rings. The lowest BCUT2D eigenvalue weighted by Gasteiger charge is -2.23. The molecule has 0 atom stereocenters. The number of anilines is 1. The molecule has 0 aliphatic heterocycles. The van der Waals surface area contributed by atoms with Crippen molar-refractivity contribution in [1.29, 1.82) is 0 Å². The molecule has 0 saturated carbocycles. The van der Waals surface area contributed by atoms with Crippen LogP contribution in [0.25, 0.3) is 0 Å². The zero-order chi connectivity index (χ0) is 23.1. The number of halogens is 1. The molecule has 0 aromatic heterocycles. The highest BCUT2D eigenvalue weighted by molar-refractivity contribution is 7.89. The lowest BCUT2D eigenvalue weighted by molar-refractivity contribution is -0.116. The number of methoxy groups -OCH3 is 1. The number of ether oxygens (including phenoxy) is 1. The van der Waals surface area contributed by atoms with E-state index in [9.17, 15) is 17.6 Å². The van der Waals surface area contributed by atoms with Gasteiger partial charge in [0.1, 0.15) is 16.5 Å². The normalized spacial score (nSPS) is 11.4. The van der Waals surface area contributed by atoms with Crippen LogP contribution in [-0.4, -0.2) is 38.8 Å². The maximum atomic E-state index is 13.9. The highest BCUT2D eigenvalue weighted by Crippen LogP contribution is 2.28. The molecule has 1 N–H and O–H groups in total. The first-order valence-electron chi connectivity index (χ1n) is 10.0. The fourth-order valence-electron chi connectivity index (χ4n) is 3.22. The van der Waals surface area contributed by atoms with E-state index in [4.69, 9.17) is 4.74 Å². The first-order valence-corrected chi connectivity index (χ1v) is 11.5. The number of benzene rings is 3. The SMILES string of the molecule is COc1ccc(C)cc1S(=O)(=O)N(CCc1ccccc1)CC(=O)Nc1ccccc1F. The van der Waals surface area contributed by atoms with Crippen molar-refractivity contribution in [3.8, 4) is 5.75 Å². The molecule has 0 heterocycles. The Kier molecular flexibility index (Phi) is 7.61. The maximum Gasteiger partial charge on any atom is 0.247 e. The Labute approximate surface area is 187 Å². The lowest BCUT2D eigenvalue weighted by Crippen LogP contribution is -2.39. The molecule has 3 rings (SSSR count). The van der Waals surface area contributed by atoms with Crippen molar-refractivity contribution in [2.45, 2.75) is 18.2 Å². The third-order valence-corrected chi connectivity index (χ3v) is 6.76. The number of nitrogens with one attached hydrogen (secondary N) is 1. The molecule has 6 nitrogen and oxygen atoms in total. The fraction of sp³-hybridized carbons (Fsp3) is 0.208. The average molecular weight is 457 g/mol. The topological polar surface area (TPSA) is 75.7 Å². The Hall–Kier alpha value is -3.23. The number of carbonyl (C=O) groups is 1. The Morgan fingerprint density at radius 3 is 2.41 bits per heavy atom. The molecule has 0 bridgehead atoms. The smallest absolute Gasteiger partial charge is 0.247 e. The minimum Gasteiger partial charge on any atom is -0.495 e. The lowest BCUT2D eigenvalue weighted by atomic mass is 10.1. The van der Waals surface area contributed by atoms with Gasteiger partial charge >= 0.3 is 0 Å². The number of rotatable bonds is 9. The van der Waals surface area contributed by atoms with E-state index in [1.54, 1.807) is 25.1 Å². The molecule has 3 aromatic carbocycles. The van der Waals surface area contributed by atoms with Gasteiger partial charge in [-0.15, -0.1) is 0 Å². The summed E-state index contributed by atoms with van der Waals surface area (Å²) in [6, 6.07) is 19.9. The van der Waals surface area contributed by atoms with Gasteiger partial charge in [0.2, 0.25) is 15.9 Å². The monoisotopic (exact) mass is 456 g/mol. The molecular weight excluding hydrogens is 431 g/mol. The predicted molar refractivity (Wildman–Crippen MR) is 122 cm³/mol. The van der Waals surface area contributed by atoms with Gasteiger partial charge in [0.05, 0.1) is 19.3 Å². The van der Waals surface area contributed by atoms with Crippen LogP contribution >= 0.6 is 0 Å². The van der Waals surface area contributed by atoms with Crippen molar-refractivity contribution in [2.75, 3.05) is 25.5 Å². The summed E-state index contributed by atoms with van der Waals surface area (Å²) in [6.07, 6.45) is 0.404. The number of aryl methyl sites for hydroxylation is 1. The molecule has 0 aliphatic rings. The van der Waals surface area contributed by atoms with Crippen molar-refractivity contribution >= 4 is 21.6 Å². The molecular formula is C24H25FN2O4S. The molecule has 8 heteroatoms. The van der Waals surface area contributed by atoms with Crippen LogP contribution in [0.3, 0.4) is 0 Å². The van der Waals surface area contributed by atoms with E-state index in [0.717, 1.165) is 15.4 Å². The molecule has 0 radical (unpaired) electrons. The molecule has 0 spiro atoms. The largest absolute Gasteiger partial charge is 0.495 e. The van der Waals surface area contributed by atoms with Crippen LogP contribution in [0.2, 0.25) is 0 Å². The maximum absolute atomic E-state index is 13.9. The minimum atomic E-state index is -4.08. The van der Waals surface area contributed by atoms with E-state index in [-0.39, 0.29) is 22.9 Å². The molecule has 0 aliphatic carbocycles. The van der Waals surface area contributed by atoms with Gasteiger partial charge in [0.15, 0.2) is 0 Å². The van der Waals surface area contributed by atoms with Gasteiger partial charge in [-0.25, -0.2) is 12.8 Å². The second kappa shape index (κ2) is 10.4. The van der Waals surface area contributed by atoms with E-state index >= 15 is 0 Å². The van der Waals surface area contributed by atoms with Crippen molar-refractivity contribution < 1.29 is 22.3 Å². The molecule has 1 amide bonds. The van der Waals surface area contributed by atoms with Crippen LogP contribution in [0.5, 0.6) is 5.75 Å². The minimum absolute atomic E-state index is 0.00829. The molecule has 0 unspecified atom stereocenters. The van der Waals surface area contributed by atoms with Crippen molar-refractivity contribution in [3.63, 3.8) is 0 Å². The zero-order valence-electron chi connectivity index (χ0n) is 17.9. The van der Waals surface area contributed by atoms with Crippen molar-refractivity contribution in [2.24, 2.45) is 0 Å². The van der Waals surface area contributed by atoms with Gasteiger partial charge in [-0.1, -0.05) is 48.5 Å². The van der Waals surface area contributed by atoms with E-state index in [1.807, 2.05) is 30.3 Å². The van der Waals surface area contributed by atoms with E-state index < -0.39 is 28.3 Å². The Morgan fingerprint density at radius 2 is 1.72 bits per heavy atom. The summed E-state index contributed by atoms with van der Waals surface area (Å²) in [4.78, 5) is 12.6. The summed E-state index contributed by atoms with van der Waals surface area (Å²) in [5, 5.41) is 2.45. The van der Waals surface area contributed by atoms with Gasteiger partial charge in [0.25, 0.3) is 0 Å². The van der Waals surface area contributed by atoms with E-state index in [0.29, 0.717) is 6.42 Å². The number of carbonyl (C=O) groups excluding carboxylic acids is 1. The Balaban J connectivity index is 1.90. The number of hydrogen-bond acceptors (Lipinski definition) is 4. The summed E-state index contributed by atoms with van der Waals surface area (Å²) >= 11 is 0. The second-order valence-electron chi connectivity index (χ2n) is 7.26. The van der Waals surface area contributed by atoms with Gasteiger partial charge in [-0.3, -0.25) is 4.79 Å². The summed E-state index contributed by atoms with van der Waals surface area (Å²) in [6.45, 7) is 1.37. The van der Waals surface area contributed by atoms with Gasteiger partial charge in [-0.2, -0.15) is 4.31 Å². The molecule has 0 saturated heterocycles.